The average Bonchev–Trinajstić information content (AvgIpc) is 3.21. The molecule has 4 rings (SSSR count). The van der Waals surface area contributed by atoms with Crippen molar-refractivity contribution in [3.63, 3.8) is 0 Å². The van der Waals surface area contributed by atoms with Gasteiger partial charge in [0.1, 0.15) is 6.04 Å². The van der Waals surface area contributed by atoms with Gasteiger partial charge < -0.3 is 9.88 Å². The van der Waals surface area contributed by atoms with Gasteiger partial charge in [-0.05, 0) is 62.1 Å². The predicted octanol–water partition coefficient (Wildman–Crippen LogP) is 4.00. The van der Waals surface area contributed by atoms with Crippen LogP contribution < -0.4 is 5.32 Å². The summed E-state index contributed by atoms with van der Waals surface area (Å²) >= 11 is 0. The molecule has 1 atom stereocenters. The molecule has 6 nitrogen and oxygen atoms in total. The molecule has 0 radical (unpaired) electrons. The van der Waals surface area contributed by atoms with Crippen LogP contribution in [0.5, 0.6) is 0 Å². The zero-order valence-corrected chi connectivity index (χ0v) is 18.9. The van der Waals surface area contributed by atoms with E-state index in [4.69, 9.17) is 0 Å². The highest BCUT2D eigenvalue weighted by Crippen LogP contribution is 2.26. The Bertz CT molecular complexity index is 1190. The van der Waals surface area contributed by atoms with E-state index < -0.39 is 16.1 Å². The number of rotatable bonds is 6. The van der Waals surface area contributed by atoms with Gasteiger partial charge in [-0.3, -0.25) is 4.79 Å². The molecule has 1 aromatic heterocycles. The highest BCUT2D eigenvalue weighted by Gasteiger charge is 2.26. The Balaban J connectivity index is 1.52. The molecule has 0 bridgehead atoms. The Kier molecular flexibility index (Phi) is 6.16. The van der Waals surface area contributed by atoms with Gasteiger partial charge in [0.2, 0.25) is 15.9 Å². The summed E-state index contributed by atoms with van der Waals surface area (Å²) < 4.78 is 29.4. The number of piperidine rings is 1. The molecule has 31 heavy (non-hydrogen) atoms. The zero-order valence-electron chi connectivity index (χ0n) is 18.0. The minimum Gasteiger partial charge on any atom is -0.350 e. The molecule has 1 aliphatic rings. The molecule has 3 aromatic rings. The Morgan fingerprint density at radius 2 is 1.81 bits per heavy atom. The van der Waals surface area contributed by atoms with Gasteiger partial charge in [-0.2, -0.15) is 4.31 Å². The molecule has 0 unspecified atom stereocenters. The zero-order chi connectivity index (χ0) is 22.0. The number of hydrogen-bond donors (Lipinski definition) is 1. The molecule has 2 aromatic carbocycles. The number of hydrogen-bond acceptors (Lipinski definition) is 3. The summed E-state index contributed by atoms with van der Waals surface area (Å²) in [6.07, 6.45) is 4.75. The van der Waals surface area contributed by atoms with Crippen molar-refractivity contribution in [3.8, 4) is 0 Å². The Hall–Kier alpha value is -2.64. The van der Waals surface area contributed by atoms with E-state index >= 15 is 0 Å². The maximum atomic E-state index is 13.0. The fraction of sp³-hybridized carbons (Fsp3) is 0.375. The lowest BCUT2D eigenvalue weighted by Gasteiger charge is -2.26. The van der Waals surface area contributed by atoms with Gasteiger partial charge in [-0.1, -0.05) is 30.7 Å². The topological polar surface area (TPSA) is 71.4 Å². The van der Waals surface area contributed by atoms with Crippen molar-refractivity contribution < 1.29 is 13.2 Å². The molecule has 0 aliphatic carbocycles. The lowest BCUT2D eigenvalue weighted by molar-refractivity contribution is -0.123. The van der Waals surface area contributed by atoms with E-state index in [1.165, 1.54) is 0 Å². The monoisotopic (exact) mass is 439 g/mol. The molecular weight excluding hydrogens is 410 g/mol. The maximum absolute atomic E-state index is 13.0. The summed E-state index contributed by atoms with van der Waals surface area (Å²) in [6, 6.07) is 14.6. The van der Waals surface area contributed by atoms with Crippen LogP contribution in [0.25, 0.3) is 10.9 Å². The van der Waals surface area contributed by atoms with Crippen molar-refractivity contribution in [2.45, 2.75) is 50.6 Å². The first kappa shape index (κ1) is 21.6. The number of amides is 1. The van der Waals surface area contributed by atoms with Gasteiger partial charge in [-0.15, -0.1) is 0 Å². The third-order valence-electron chi connectivity index (χ3n) is 6.16. The minimum absolute atomic E-state index is 0.0780. The number of carbonyl (C=O) groups excluding carboxylic acids is 1. The normalized spacial score (nSPS) is 16.3. The van der Waals surface area contributed by atoms with Gasteiger partial charge >= 0.3 is 0 Å². The lowest BCUT2D eigenvalue weighted by Crippen LogP contribution is -2.35. The highest BCUT2D eigenvalue weighted by atomic mass is 32.2. The SMILES string of the molecule is Cc1ccccc1CNC(=O)[C@H](C)n1ccc2cc(S(=O)(=O)N3CCCCC3)ccc21. The Morgan fingerprint density at radius 1 is 1.06 bits per heavy atom. The molecule has 1 amide bonds. The van der Waals surface area contributed by atoms with E-state index in [9.17, 15) is 13.2 Å². The van der Waals surface area contributed by atoms with Crippen LogP contribution in [0.15, 0.2) is 59.6 Å². The summed E-state index contributed by atoms with van der Waals surface area (Å²) in [4.78, 5) is 13.1. The number of sulfonamides is 1. The third kappa shape index (κ3) is 4.38. The standard InChI is InChI=1S/C24H29N3O3S/c1-18-8-4-5-9-21(18)17-25-24(28)19(2)27-15-12-20-16-22(10-11-23(20)27)31(29,30)26-13-6-3-7-14-26/h4-5,8-12,15-16,19H,3,6-7,13-14,17H2,1-2H3,(H,25,28)/t19-/m0/s1. The Morgan fingerprint density at radius 3 is 2.55 bits per heavy atom. The van der Waals surface area contributed by atoms with E-state index in [1.54, 1.807) is 22.5 Å². The molecule has 0 spiro atoms. The van der Waals surface area contributed by atoms with E-state index in [0.717, 1.165) is 41.3 Å². The molecule has 1 saturated heterocycles. The number of nitrogens with one attached hydrogen (secondary N) is 1. The van der Waals surface area contributed by atoms with Gasteiger partial charge in [0.15, 0.2) is 0 Å². The first-order chi connectivity index (χ1) is 14.9. The molecule has 2 heterocycles. The molecule has 164 valence electrons. The van der Waals surface area contributed by atoms with Crippen molar-refractivity contribution in [2.24, 2.45) is 0 Å². The summed E-state index contributed by atoms with van der Waals surface area (Å²) in [5.41, 5.74) is 3.08. The van der Waals surface area contributed by atoms with E-state index in [0.29, 0.717) is 24.5 Å². The number of benzene rings is 2. The molecule has 7 heteroatoms. The Labute approximate surface area is 183 Å². The summed E-state index contributed by atoms with van der Waals surface area (Å²) in [6.45, 7) is 5.52. The van der Waals surface area contributed by atoms with Crippen molar-refractivity contribution in [1.29, 1.82) is 0 Å². The summed E-state index contributed by atoms with van der Waals surface area (Å²) in [5.74, 6) is -0.0780. The van der Waals surface area contributed by atoms with Crippen molar-refractivity contribution in [2.75, 3.05) is 13.1 Å². The van der Waals surface area contributed by atoms with Crippen molar-refractivity contribution in [3.05, 3.63) is 65.9 Å². The van der Waals surface area contributed by atoms with Gasteiger partial charge in [0.05, 0.1) is 4.90 Å². The number of carbonyl (C=O) groups is 1. The van der Waals surface area contributed by atoms with Crippen LogP contribution in [0.3, 0.4) is 0 Å². The predicted molar refractivity (Wildman–Crippen MR) is 122 cm³/mol. The summed E-state index contributed by atoms with van der Waals surface area (Å²) in [7, 11) is -3.48. The first-order valence-electron chi connectivity index (χ1n) is 10.8. The van der Waals surface area contributed by atoms with E-state index in [-0.39, 0.29) is 5.91 Å². The number of fused-ring (bicyclic) bond motifs is 1. The molecular formula is C24H29N3O3S. The van der Waals surface area contributed by atoms with Crippen LogP contribution in [0, 0.1) is 6.92 Å². The number of aromatic nitrogens is 1. The number of nitrogens with zero attached hydrogens (tertiary/aromatic N) is 2. The van der Waals surface area contributed by atoms with Crippen molar-refractivity contribution in [1.82, 2.24) is 14.2 Å². The second kappa shape index (κ2) is 8.85. The van der Waals surface area contributed by atoms with E-state index in [1.807, 2.05) is 54.9 Å². The largest absolute Gasteiger partial charge is 0.350 e. The third-order valence-corrected chi connectivity index (χ3v) is 8.05. The summed E-state index contributed by atoms with van der Waals surface area (Å²) in [5, 5.41) is 3.83. The van der Waals surface area contributed by atoms with Crippen LogP contribution in [0.2, 0.25) is 0 Å². The average molecular weight is 440 g/mol. The van der Waals surface area contributed by atoms with Gasteiger partial charge in [0.25, 0.3) is 0 Å². The van der Waals surface area contributed by atoms with Crippen molar-refractivity contribution >= 4 is 26.8 Å². The fourth-order valence-corrected chi connectivity index (χ4v) is 5.71. The molecule has 1 aliphatic heterocycles. The van der Waals surface area contributed by atoms with Crippen LogP contribution in [0.4, 0.5) is 0 Å². The van der Waals surface area contributed by atoms with Crippen LogP contribution >= 0.6 is 0 Å². The number of aryl methyl sites for hydroxylation is 1. The highest BCUT2D eigenvalue weighted by molar-refractivity contribution is 7.89. The minimum atomic E-state index is -3.48. The van der Waals surface area contributed by atoms with E-state index in [2.05, 4.69) is 5.32 Å². The molecule has 0 saturated carbocycles. The lowest BCUT2D eigenvalue weighted by atomic mass is 10.1. The fourth-order valence-electron chi connectivity index (χ4n) is 4.16. The van der Waals surface area contributed by atoms with Gasteiger partial charge in [0, 0.05) is 36.7 Å². The van der Waals surface area contributed by atoms with Crippen LogP contribution in [-0.2, 0) is 21.4 Å². The second-order valence-electron chi connectivity index (χ2n) is 8.23. The smallest absolute Gasteiger partial charge is 0.243 e. The van der Waals surface area contributed by atoms with Crippen LogP contribution in [-0.4, -0.2) is 36.3 Å². The first-order valence-corrected chi connectivity index (χ1v) is 12.2. The quantitative estimate of drug-likeness (QED) is 0.631. The molecule has 1 N–H and O–H groups in total. The second-order valence-corrected chi connectivity index (χ2v) is 10.2. The molecule has 1 fully saturated rings. The van der Waals surface area contributed by atoms with Gasteiger partial charge in [-0.25, -0.2) is 8.42 Å². The maximum Gasteiger partial charge on any atom is 0.243 e. The van der Waals surface area contributed by atoms with Crippen LogP contribution in [0.1, 0.15) is 43.4 Å².